The van der Waals surface area contributed by atoms with Crippen LogP contribution in [-0.4, -0.2) is 53.7 Å². The summed E-state index contributed by atoms with van der Waals surface area (Å²) in [6.45, 7) is 3.02. The number of ether oxygens (including phenoxy) is 2. The Balaban J connectivity index is 1.86. The van der Waals surface area contributed by atoms with E-state index in [9.17, 15) is 24.5 Å². The van der Waals surface area contributed by atoms with Gasteiger partial charge in [-0.1, -0.05) is 18.2 Å². The Morgan fingerprint density at radius 1 is 1.14 bits per heavy atom. The topological polar surface area (TPSA) is 150 Å². The highest BCUT2D eigenvalue weighted by Crippen LogP contribution is 2.43. The first-order chi connectivity index (χ1) is 16.8. The lowest BCUT2D eigenvalue weighted by molar-refractivity contribution is -0.385. The Bertz CT molecular complexity index is 1210. The third kappa shape index (κ3) is 5.57. The van der Waals surface area contributed by atoms with E-state index in [0.717, 1.165) is 0 Å². The number of aliphatic imine (C=N–C) groups is 1. The molecule has 0 saturated carbocycles. The van der Waals surface area contributed by atoms with E-state index in [-0.39, 0.29) is 41.6 Å². The minimum absolute atomic E-state index is 0.0129. The molecule has 1 aliphatic heterocycles. The standard InChI is InChI=1S/C24H24N4O7/c1-14-19(23(30)34-3)21(17-8-4-5-9-18(17)28(32)33)20(15(2)27-14)24(31)35-12-11-26-22(29)16-7-6-10-25-13-16/h4-10,13,19,21H,11-12H2,1-3H3,(H,26,29)/t19?,21-/m0/s1. The number of esters is 2. The molecule has 1 amide bonds. The lowest BCUT2D eigenvalue weighted by Crippen LogP contribution is -2.37. The van der Waals surface area contributed by atoms with Gasteiger partial charge in [-0.05, 0) is 26.0 Å². The second kappa shape index (κ2) is 11.1. The number of para-hydroxylation sites is 1. The smallest absolute Gasteiger partial charge is 0.336 e. The first-order valence-electron chi connectivity index (χ1n) is 10.7. The molecule has 2 atom stereocenters. The van der Waals surface area contributed by atoms with Crippen LogP contribution in [0, 0.1) is 16.0 Å². The molecular weight excluding hydrogens is 456 g/mol. The lowest BCUT2D eigenvalue weighted by Gasteiger charge is -2.31. The molecule has 11 nitrogen and oxygen atoms in total. The van der Waals surface area contributed by atoms with E-state index in [1.54, 1.807) is 32.0 Å². The number of nitro benzene ring substituents is 1. The molecule has 0 radical (unpaired) electrons. The van der Waals surface area contributed by atoms with E-state index in [0.29, 0.717) is 11.3 Å². The highest BCUT2D eigenvalue weighted by atomic mass is 16.6. The Morgan fingerprint density at radius 3 is 2.54 bits per heavy atom. The summed E-state index contributed by atoms with van der Waals surface area (Å²) < 4.78 is 10.3. The number of nitrogens with zero attached hydrogens (tertiary/aromatic N) is 3. The highest BCUT2D eigenvalue weighted by Gasteiger charge is 2.44. The minimum atomic E-state index is -1.06. The highest BCUT2D eigenvalue weighted by molar-refractivity contribution is 6.07. The van der Waals surface area contributed by atoms with Crippen molar-refractivity contribution in [1.29, 1.82) is 0 Å². The second-order valence-corrected chi connectivity index (χ2v) is 7.68. The second-order valence-electron chi connectivity index (χ2n) is 7.68. The quantitative estimate of drug-likeness (QED) is 0.262. The SMILES string of the molecule is COC(=O)C1C(C)=NC(C)=C(C(=O)OCCNC(=O)c2cccnc2)[C@H]1c1ccccc1[N+](=O)[O-]. The fourth-order valence-corrected chi connectivity index (χ4v) is 3.97. The molecule has 2 aromatic rings. The van der Waals surface area contributed by atoms with Gasteiger partial charge < -0.3 is 14.8 Å². The van der Waals surface area contributed by atoms with Gasteiger partial charge in [0.25, 0.3) is 11.6 Å². The summed E-state index contributed by atoms with van der Waals surface area (Å²) in [5, 5.41) is 14.3. The first kappa shape index (κ1) is 25.2. The van der Waals surface area contributed by atoms with Crippen molar-refractivity contribution in [3.05, 3.63) is 81.3 Å². The van der Waals surface area contributed by atoms with Gasteiger partial charge in [0.2, 0.25) is 0 Å². The van der Waals surface area contributed by atoms with Crippen LogP contribution < -0.4 is 5.32 Å². The molecule has 0 saturated heterocycles. The van der Waals surface area contributed by atoms with E-state index < -0.39 is 28.7 Å². The number of nitro groups is 1. The first-order valence-corrected chi connectivity index (χ1v) is 10.7. The molecule has 1 unspecified atom stereocenters. The number of amides is 1. The number of pyridine rings is 1. The summed E-state index contributed by atoms with van der Waals surface area (Å²) in [5.41, 5.74) is 0.917. The molecule has 182 valence electrons. The van der Waals surface area contributed by atoms with Gasteiger partial charge in [-0.15, -0.1) is 0 Å². The predicted octanol–water partition coefficient (Wildman–Crippen LogP) is 2.58. The lowest BCUT2D eigenvalue weighted by atomic mass is 9.75. The number of benzene rings is 1. The van der Waals surface area contributed by atoms with Crippen LogP contribution >= 0.6 is 0 Å². The van der Waals surface area contributed by atoms with E-state index in [2.05, 4.69) is 15.3 Å². The summed E-state index contributed by atoms with van der Waals surface area (Å²) in [4.78, 5) is 57.3. The van der Waals surface area contributed by atoms with Crippen LogP contribution in [0.25, 0.3) is 0 Å². The fourth-order valence-electron chi connectivity index (χ4n) is 3.97. The maximum absolute atomic E-state index is 13.2. The zero-order valence-corrected chi connectivity index (χ0v) is 19.4. The van der Waals surface area contributed by atoms with Gasteiger partial charge in [-0.25, -0.2) is 4.79 Å². The number of carbonyl (C=O) groups is 3. The van der Waals surface area contributed by atoms with Crippen molar-refractivity contribution in [3.8, 4) is 0 Å². The van der Waals surface area contributed by atoms with E-state index in [1.165, 1.54) is 37.7 Å². The van der Waals surface area contributed by atoms with Gasteiger partial charge in [0.05, 0.1) is 29.7 Å². The molecule has 1 N–H and O–H groups in total. The predicted molar refractivity (Wildman–Crippen MR) is 125 cm³/mol. The van der Waals surface area contributed by atoms with Crippen molar-refractivity contribution in [2.24, 2.45) is 10.9 Å². The molecule has 0 fully saturated rings. The number of methoxy groups -OCH3 is 1. The van der Waals surface area contributed by atoms with Crippen LogP contribution in [0.2, 0.25) is 0 Å². The maximum atomic E-state index is 13.2. The van der Waals surface area contributed by atoms with Crippen molar-refractivity contribution in [2.75, 3.05) is 20.3 Å². The number of carbonyl (C=O) groups excluding carboxylic acids is 3. The summed E-state index contributed by atoms with van der Waals surface area (Å²) in [6.07, 6.45) is 2.94. The Hall–Kier alpha value is -4.41. The average molecular weight is 480 g/mol. The molecule has 1 aliphatic rings. The van der Waals surface area contributed by atoms with Crippen LogP contribution in [0.1, 0.15) is 35.7 Å². The van der Waals surface area contributed by atoms with Gasteiger partial charge in [-0.3, -0.25) is 29.7 Å². The number of hydrogen-bond donors (Lipinski definition) is 1. The van der Waals surface area contributed by atoms with Crippen LogP contribution in [0.3, 0.4) is 0 Å². The van der Waals surface area contributed by atoms with E-state index in [1.807, 2.05) is 0 Å². The molecule has 0 spiro atoms. The number of aromatic nitrogens is 1. The van der Waals surface area contributed by atoms with Gasteiger partial charge in [0.15, 0.2) is 0 Å². The summed E-state index contributed by atoms with van der Waals surface area (Å²) in [7, 11) is 1.19. The van der Waals surface area contributed by atoms with Gasteiger partial charge in [0.1, 0.15) is 12.5 Å². The zero-order valence-electron chi connectivity index (χ0n) is 19.4. The molecule has 0 bridgehead atoms. The van der Waals surface area contributed by atoms with Crippen LogP contribution in [0.15, 0.2) is 65.1 Å². The molecule has 3 rings (SSSR count). The van der Waals surface area contributed by atoms with Crippen molar-refractivity contribution in [3.63, 3.8) is 0 Å². The zero-order chi connectivity index (χ0) is 25.5. The fraction of sp³-hybridized carbons (Fsp3) is 0.292. The molecule has 11 heteroatoms. The van der Waals surface area contributed by atoms with Crippen LogP contribution in [-0.2, 0) is 19.1 Å². The third-order valence-corrected chi connectivity index (χ3v) is 5.52. The van der Waals surface area contributed by atoms with Crippen molar-refractivity contribution < 1.29 is 28.8 Å². The molecule has 35 heavy (non-hydrogen) atoms. The summed E-state index contributed by atoms with van der Waals surface area (Å²) in [6, 6.07) is 9.09. The van der Waals surface area contributed by atoms with Crippen molar-refractivity contribution in [1.82, 2.24) is 10.3 Å². The van der Waals surface area contributed by atoms with Gasteiger partial charge >= 0.3 is 11.9 Å². The maximum Gasteiger partial charge on any atom is 0.336 e. The number of nitrogens with one attached hydrogen (secondary N) is 1. The Labute approximate surface area is 201 Å². The number of allylic oxidation sites excluding steroid dienone is 1. The van der Waals surface area contributed by atoms with Crippen molar-refractivity contribution in [2.45, 2.75) is 19.8 Å². The molecule has 1 aromatic heterocycles. The van der Waals surface area contributed by atoms with Gasteiger partial charge in [0, 0.05) is 41.4 Å². The number of hydrogen-bond acceptors (Lipinski definition) is 9. The average Bonchev–Trinajstić information content (AvgIpc) is 2.85. The molecular formula is C24H24N4O7. The van der Waals surface area contributed by atoms with E-state index in [4.69, 9.17) is 9.47 Å². The monoisotopic (exact) mass is 480 g/mol. The van der Waals surface area contributed by atoms with Crippen molar-refractivity contribution >= 4 is 29.2 Å². The minimum Gasteiger partial charge on any atom is -0.468 e. The Morgan fingerprint density at radius 2 is 1.89 bits per heavy atom. The van der Waals surface area contributed by atoms with Crippen LogP contribution in [0.5, 0.6) is 0 Å². The van der Waals surface area contributed by atoms with E-state index >= 15 is 0 Å². The number of rotatable bonds is 8. The van der Waals surface area contributed by atoms with Crippen LogP contribution in [0.4, 0.5) is 5.69 Å². The molecule has 0 aliphatic carbocycles. The molecule has 1 aromatic carbocycles. The Kier molecular flexibility index (Phi) is 8.03. The largest absolute Gasteiger partial charge is 0.468 e. The van der Waals surface area contributed by atoms with Gasteiger partial charge in [-0.2, -0.15) is 0 Å². The summed E-state index contributed by atoms with van der Waals surface area (Å²) in [5.74, 6) is -3.97. The normalized spacial score (nSPS) is 17.3. The summed E-state index contributed by atoms with van der Waals surface area (Å²) >= 11 is 0. The molecule has 2 heterocycles. The third-order valence-electron chi connectivity index (χ3n) is 5.52.